The van der Waals surface area contributed by atoms with E-state index in [0.29, 0.717) is 23.5 Å². The maximum Gasteiger partial charge on any atom is 0.262 e. The Bertz CT molecular complexity index is 941. The summed E-state index contributed by atoms with van der Waals surface area (Å²) in [5.74, 6) is 1.29. The Morgan fingerprint density at radius 2 is 1.97 bits per heavy atom. The van der Waals surface area contributed by atoms with E-state index in [0.717, 1.165) is 50.6 Å². The van der Waals surface area contributed by atoms with Crippen molar-refractivity contribution < 1.29 is 19.1 Å². The number of hydrogen-bond acceptors (Lipinski definition) is 6. The number of ether oxygens (including phenoxy) is 2. The number of rotatable bonds is 7. The molecule has 8 heteroatoms. The molecule has 4 rings (SSSR count). The van der Waals surface area contributed by atoms with Gasteiger partial charge in [-0.3, -0.25) is 14.5 Å². The van der Waals surface area contributed by atoms with E-state index in [4.69, 9.17) is 9.47 Å². The Kier molecular flexibility index (Phi) is 6.57. The second-order valence-corrected chi connectivity index (χ2v) is 7.70. The number of nitrogens with one attached hydrogen (secondary N) is 2. The number of piperazine rings is 1. The van der Waals surface area contributed by atoms with E-state index in [-0.39, 0.29) is 18.4 Å². The summed E-state index contributed by atoms with van der Waals surface area (Å²) in [6.07, 6.45) is 1.25. The van der Waals surface area contributed by atoms with Crippen LogP contribution >= 0.6 is 0 Å². The summed E-state index contributed by atoms with van der Waals surface area (Å²) >= 11 is 0. The number of para-hydroxylation sites is 2. The fourth-order valence-electron chi connectivity index (χ4n) is 3.95. The van der Waals surface area contributed by atoms with Crippen LogP contribution in [0.4, 0.5) is 17.1 Å². The zero-order chi connectivity index (χ0) is 21.6. The lowest BCUT2D eigenvalue weighted by molar-refractivity contribution is -0.118. The van der Waals surface area contributed by atoms with Crippen molar-refractivity contribution in [3.63, 3.8) is 0 Å². The van der Waals surface area contributed by atoms with E-state index in [1.807, 2.05) is 18.2 Å². The lowest BCUT2D eigenvalue weighted by Gasteiger charge is -2.36. The Balaban J connectivity index is 1.19. The van der Waals surface area contributed by atoms with Gasteiger partial charge in [0.25, 0.3) is 5.91 Å². The summed E-state index contributed by atoms with van der Waals surface area (Å²) in [5, 5.41) is 5.65. The molecule has 0 aliphatic carbocycles. The molecule has 8 nitrogen and oxygen atoms in total. The van der Waals surface area contributed by atoms with Crippen molar-refractivity contribution in [2.45, 2.75) is 12.8 Å². The van der Waals surface area contributed by atoms with Crippen LogP contribution in [0.15, 0.2) is 42.5 Å². The molecule has 0 bridgehead atoms. The minimum Gasteiger partial charge on any atom is -0.495 e. The molecule has 0 spiro atoms. The molecular formula is C23H28N4O4. The van der Waals surface area contributed by atoms with Gasteiger partial charge in [-0.1, -0.05) is 12.1 Å². The van der Waals surface area contributed by atoms with Gasteiger partial charge >= 0.3 is 0 Å². The zero-order valence-electron chi connectivity index (χ0n) is 17.7. The maximum absolute atomic E-state index is 12.3. The lowest BCUT2D eigenvalue weighted by Crippen LogP contribution is -2.46. The number of anilines is 3. The van der Waals surface area contributed by atoms with Gasteiger partial charge < -0.3 is 25.0 Å². The number of carbonyl (C=O) groups excluding carboxylic acids is 2. The summed E-state index contributed by atoms with van der Waals surface area (Å²) < 4.78 is 10.8. The smallest absolute Gasteiger partial charge is 0.262 e. The third-order valence-electron chi connectivity index (χ3n) is 5.57. The van der Waals surface area contributed by atoms with Crippen molar-refractivity contribution in [3.05, 3.63) is 42.5 Å². The van der Waals surface area contributed by atoms with Crippen molar-refractivity contribution in [1.82, 2.24) is 4.90 Å². The molecule has 0 saturated carbocycles. The highest BCUT2D eigenvalue weighted by molar-refractivity contribution is 5.97. The van der Waals surface area contributed by atoms with Crippen molar-refractivity contribution in [2.24, 2.45) is 0 Å². The first kappa shape index (κ1) is 21.0. The third kappa shape index (κ3) is 5.27. The van der Waals surface area contributed by atoms with E-state index in [1.54, 1.807) is 25.3 Å². The predicted molar refractivity (Wildman–Crippen MR) is 120 cm³/mol. The first-order valence-electron chi connectivity index (χ1n) is 10.6. The molecule has 0 aromatic heterocycles. The maximum atomic E-state index is 12.3. The lowest BCUT2D eigenvalue weighted by atomic mass is 10.2. The Hall–Kier alpha value is -3.26. The van der Waals surface area contributed by atoms with E-state index in [1.165, 1.54) is 0 Å². The first-order chi connectivity index (χ1) is 15.1. The summed E-state index contributed by atoms with van der Waals surface area (Å²) in [6, 6.07) is 13.4. The van der Waals surface area contributed by atoms with Gasteiger partial charge in [0.05, 0.1) is 18.5 Å². The highest BCUT2D eigenvalue weighted by Crippen LogP contribution is 2.30. The molecule has 0 radical (unpaired) electrons. The van der Waals surface area contributed by atoms with E-state index < -0.39 is 0 Å². The largest absolute Gasteiger partial charge is 0.495 e. The fraction of sp³-hybridized carbons (Fsp3) is 0.391. The molecule has 1 saturated heterocycles. The first-order valence-corrected chi connectivity index (χ1v) is 10.6. The van der Waals surface area contributed by atoms with Gasteiger partial charge in [0, 0.05) is 38.3 Å². The Morgan fingerprint density at radius 1 is 1.16 bits per heavy atom. The standard InChI is InChI=1S/C23H28N4O4/c1-30-21-6-3-2-5-19(21)27-13-11-26(12-14-27)10-4-7-22(28)24-17-8-9-20-18(15-17)25-23(29)16-31-20/h2-3,5-6,8-9,15H,4,7,10-14,16H2,1H3,(H,24,28)(H,25,29). The fourth-order valence-corrected chi connectivity index (χ4v) is 3.95. The highest BCUT2D eigenvalue weighted by Gasteiger charge is 2.20. The zero-order valence-corrected chi connectivity index (χ0v) is 17.7. The van der Waals surface area contributed by atoms with Crippen LogP contribution in [0.2, 0.25) is 0 Å². The topological polar surface area (TPSA) is 83.1 Å². The van der Waals surface area contributed by atoms with E-state index in [9.17, 15) is 9.59 Å². The molecule has 2 N–H and O–H groups in total. The van der Waals surface area contributed by atoms with Gasteiger partial charge in [0.1, 0.15) is 11.5 Å². The number of nitrogens with zero attached hydrogens (tertiary/aromatic N) is 2. The second-order valence-electron chi connectivity index (χ2n) is 7.70. The van der Waals surface area contributed by atoms with Crippen LogP contribution in [-0.2, 0) is 9.59 Å². The molecule has 2 aliphatic heterocycles. The number of carbonyl (C=O) groups is 2. The molecule has 31 heavy (non-hydrogen) atoms. The number of fused-ring (bicyclic) bond motifs is 1. The molecule has 0 unspecified atom stereocenters. The summed E-state index contributed by atoms with van der Waals surface area (Å²) in [7, 11) is 1.70. The summed E-state index contributed by atoms with van der Waals surface area (Å²) in [5.41, 5.74) is 2.37. The van der Waals surface area contributed by atoms with Crippen LogP contribution in [0, 0.1) is 0 Å². The van der Waals surface area contributed by atoms with Crippen LogP contribution in [0.5, 0.6) is 11.5 Å². The van der Waals surface area contributed by atoms with Crippen molar-refractivity contribution in [3.8, 4) is 11.5 Å². The van der Waals surface area contributed by atoms with Crippen LogP contribution < -0.4 is 25.0 Å². The second kappa shape index (κ2) is 9.70. The molecule has 1 fully saturated rings. The monoisotopic (exact) mass is 424 g/mol. The van der Waals surface area contributed by atoms with Crippen molar-refractivity contribution in [2.75, 3.05) is 62.0 Å². The molecule has 164 valence electrons. The third-order valence-corrected chi connectivity index (χ3v) is 5.57. The average Bonchev–Trinajstić information content (AvgIpc) is 2.79. The minimum atomic E-state index is -0.193. The van der Waals surface area contributed by atoms with Crippen LogP contribution in [0.1, 0.15) is 12.8 Å². The van der Waals surface area contributed by atoms with E-state index in [2.05, 4.69) is 26.5 Å². The SMILES string of the molecule is COc1ccccc1N1CCN(CCCC(=O)Nc2ccc3c(c2)NC(=O)CO3)CC1. The number of hydrogen-bond donors (Lipinski definition) is 2. The normalized spacial score (nSPS) is 16.2. The van der Waals surface area contributed by atoms with Gasteiger partial charge in [-0.25, -0.2) is 0 Å². The van der Waals surface area contributed by atoms with Gasteiger partial charge in [-0.2, -0.15) is 0 Å². The average molecular weight is 425 g/mol. The van der Waals surface area contributed by atoms with Gasteiger partial charge in [0.15, 0.2) is 6.61 Å². The molecule has 0 atom stereocenters. The molecule has 2 aliphatic rings. The van der Waals surface area contributed by atoms with Crippen LogP contribution in [0.3, 0.4) is 0 Å². The number of benzene rings is 2. The summed E-state index contributed by atoms with van der Waals surface area (Å²) in [6.45, 7) is 4.71. The molecule has 2 aromatic carbocycles. The molecule has 2 amide bonds. The molecular weight excluding hydrogens is 396 g/mol. The van der Waals surface area contributed by atoms with E-state index >= 15 is 0 Å². The van der Waals surface area contributed by atoms with Gasteiger partial charge in [0.2, 0.25) is 5.91 Å². The van der Waals surface area contributed by atoms with Gasteiger partial charge in [-0.15, -0.1) is 0 Å². The quantitative estimate of drug-likeness (QED) is 0.711. The van der Waals surface area contributed by atoms with Crippen LogP contribution in [0.25, 0.3) is 0 Å². The van der Waals surface area contributed by atoms with Gasteiger partial charge in [-0.05, 0) is 43.3 Å². The van der Waals surface area contributed by atoms with Crippen molar-refractivity contribution in [1.29, 1.82) is 0 Å². The minimum absolute atomic E-state index is 0.0197. The molecule has 2 aromatic rings. The number of amides is 2. The predicted octanol–water partition coefficient (Wildman–Crippen LogP) is 2.57. The Labute approximate surface area is 182 Å². The number of methoxy groups -OCH3 is 1. The van der Waals surface area contributed by atoms with Crippen LogP contribution in [-0.4, -0.2) is 63.2 Å². The van der Waals surface area contributed by atoms with Crippen molar-refractivity contribution >= 4 is 28.9 Å². The Morgan fingerprint density at radius 3 is 2.77 bits per heavy atom. The molecule has 2 heterocycles. The highest BCUT2D eigenvalue weighted by atomic mass is 16.5. The summed E-state index contributed by atoms with van der Waals surface area (Å²) in [4.78, 5) is 28.5.